The van der Waals surface area contributed by atoms with E-state index < -0.39 is 5.97 Å². The molecule has 0 aliphatic carbocycles. The number of aromatic nitrogens is 6. The van der Waals surface area contributed by atoms with E-state index in [1.54, 1.807) is 4.52 Å². The topological polar surface area (TPSA) is 116 Å². The van der Waals surface area contributed by atoms with Gasteiger partial charge in [0, 0.05) is 29.2 Å². The van der Waals surface area contributed by atoms with Crippen LogP contribution in [0.4, 0.5) is 0 Å². The number of hydrogen-bond acceptors (Lipinski definition) is 7. The smallest absolute Gasteiger partial charge is 0.314 e. The highest BCUT2D eigenvalue weighted by molar-refractivity contribution is 5.81. The predicted molar refractivity (Wildman–Crippen MR) is 124 cm³/mol. The lowest BCUT2D eigenvalue weighted by Gasteiger charge is -2.08. The SMILES string of the molecule is Cc1cc(C)n2nc(CC(=O)OCC(=O)NCc3c(C)nn(Cc4ccccc4)c3C)nc2n1. The first-order valence-electron chi connectivity index (χ1n) is 11.0. The molecule has 34 heavy (non-hydrogen) atoms. The maximum atomic E-state index is 12.3. The van der Waals surface area contributed by atoms with Gasteiger partial charge < -0.3 is 10.1 Å². The average Bonchev–Trinajstić information content (AvgIpc) is 3.31. The van der Waals surface area contributed by atoms with Gasteiger partial charge in [0.25, 0.3) is 11.7 Å². The van der Waals surface area contributed by atoms with Crippen LogP contribution in [0.15, 0.2) is 36.4 Å². The summed E-state index contributed by atoms with van der Waals surface area (Å²) in [4.78, 5) is 33.0. The van der Waals surface area contributed by atoms with Crippen molar-refractivity contribution >= 4 is 17.7 Å². The number of carbonyl (C=O) groups is 2. The number of fused-ring (bicyclic) bond motifs is 1. The second-order valence-corrected chi connectivity index (χ2v) is 8.19. The number of benzene rings is 1. The predicted octanol–water partition coefficient (Wildman–Crippen LogP) is 2.00. The molecule has 176 valence electrons. The Bertz CT molecular complexity index is 1340. The molecule has 3 aromatic heterocycles. The summed E-state index contributed by atoms with van der Waals surface area (Å²) in [5.74, 6) is -0.247. The molecule has 4 rings (SSSR count). The third-order valence-corrected chi connectivity index (χ3v) is 5.50. The first-order valence-corrected chi connectivity index (χ1v) is 11.0. The third-order valence-electron chi connectivity index (χ3n) is 5.50. The normalized spacial score (nSPS) is 11.1. The third kappa shape index (κ3) is 5.28. The van der Waals surface area contributed by atoms with Gasteiger partial charge in [0.05, 0.1) is 12.2 Å². The zero-order chi connectivity index (χ0) is 24.2. The summed E-state index contributed by atoms with van der Waals surface area (Å²) < 4.78 is 8.61. The van der Waals surface area contributed by atoms with Gasteiger partial charge >= 0.3 is 5.97 Å². The average molecular weight is 462 g/mol. The van der Waals surface area contributed by atoms with E-state index in [4.69, 9.17) is 4.74 Å². The molecule has 1 N–H and O–H groups in total. The molecule has 0 atom stereocenters. The van der Waals surface area contributed by atoms with Crippen LogP contribution in [0, 0.1) is 27.7 Å². The van der Waals surface area contributed by atoms with Crippen molar-refractivity contribution in [2.45, 2.75) is 47.2 Å². The number of rotatable bonds is 8. The quantitative estimate of drug-likeness (QED) is 0.399. The molecular formula is C24H27N7O3. The fraction of sp³-hybridized carbons (Fsp3) is 0.333. The molecule has 0 bridgehead atoms. The van der Waals surface area contributed by atoms with Crippen LogP contribution in [0.2, 0.25) is 0 Å². The summed E-state index contributed by atoms with van der Waals surface area (Å²) in [7, 11) is 0. The summed E-state index contributed by atoms with van der Waals surface area (Å²) in [6.07, 6.45) is -0.139. The molecular weight excluding hydrogens is 434 g/mol. The molecule has 0 saturated carbocycles. The van der Waals surface area contributed by atoms with E-state index in [1.165, 1.54) is 0 Å². The highest BCUT2D eigenvalue weighted by Gasteiger charge is 2.16. The number of carbonyl (C=O) groups excluding carboxylic acids is 2. The zero-order valence-corrected chi connectivity index (χ0v) is 19.7. The molecule has 10 nitrogen and oxygen atoms in total. The van der Waals surface area contributed by atoms with Crippen LogP contribution in [0.25, 0.3) is 5.78 Å². The van der Waals surface area contributed by atoms with Crippen molar-refractivity contribution < 1.29 is 14.3 Å². The van der Waals surface area contributed by atoms with Crippen molar-refractivity contribution in [1.29, 1.82) is 0 Å². The molecule has 0 saturated heterocycles. The molecule has 3 heterocycles. The van der Waals surface area contributed by atoms with E-state index >= 15 is 0 Å². The minimum atomic E-state index is -0.580. The molecule has 0 unspecified atom stereocenters. The summed E-state index contributed by atoms with van der Waals surface area (Å²) in [5.41, 5.74) is 5.61. The number of aryl methyl sites for hydroxylation is 3. The Balaban J connectivity index is 1.28. The molecule has 1 amide bonds. The second kappa shape index (κ2) is 9.82. The monoisotopic (exact) mass is 461 g/mol. The Labute approximate surface area is 197 Å². The minimum Gasteiger partial charge on any atom is -0.455 e. The maximum Gasteiger partial charge on any atom is 0.314 e. The Hall–Kier alpha value is -4.08. The lowest BCUT2D eigenvalue weighted by atomic mass is 10.2. The van der Waals surface area contributed by atoms with Crippen molar-refractivity contribution in [3.05, 3.63) is 76.1 Å². The molecule has 0 spiro atoms. The van der Waals surface area contributed by atoms with Gasteiger partial charge in [0.2, 0.25) is 0 Å². The Morgan fingerprint density at radius 1 is 1.03 bits per heavy atom. The van der Waals surface area contributed by atoms with Crippen LogP contribution in [0.5, 0.6) is 0 Å². The highest BCUT2D eigenvalue weighted by atomic mass is 16.5. The molecule has 0 aliphatic rings. The van der Waals surface area contributed by atoms with E-state index in [1.807, 2.05) is 68.8 Å². The Kier molecular flexibility index (Phi) is 6.67. The van der Waals surface area contributed by atoms with E-state index in [0.29, 0.717) is 24.7 Å². The van der Waals surface area contributed by atoms with Crippen molar-refractivity contribution in [2.75, 3.05) is 6.61 Å². The number of hydrogen-bond donors (Lipinski definition) is 1. The lowest BCUT2D eigenvalue weighted by Crippen LogP contribution is -2.29. The molecule has 0 fully saturated rings. The van der Waals surface area contributed by atoms with Gasteiger partial charge in [-0.25, -0.2) is 9.50 Å². The number of esters is 1. The first-order chi connectivity index (χ1) is 16.3. The second-order valence-electron chi connectivity index (χ2n) is 8.19. The van der Waals surface area contributed by atoms with Crippen LogP contribution >= 0.6 is 0 Å². The van der Waals surface area contributed by atoms with E-state index in [-0.39, 0.29) is 18.9 Å². The highest BCUT2D eigenvalue weighted by Crippen LogP contribution is 2.14. The number of nitrogens with one attached hydrogen (secondary N) is 1. The van der Waals surface area contributed by atoms with Gasteiger partial charge in [-0.3, -0.25) is 14.3 Å². The maximum absolute atomic E-state index is 12.3. The van der Waals surface area contributed by atoms with Crippen LogP contribution in [0.1, 0.15) is 39.7 Å². The largest absolute Gasteiger partial charge is 0.455 e. The summed E-state index contributed by atoms with van der Waals surface area (Å²) in [6, 6.07) is 11.9. The first kappa shape index (κ1) is 23.1. The fourth-order valence-corrected chi connectivity index (χ4v) is 3.75. The minimum absolute atomic E-state index is 0.139. The number of nitrogens with zero attached hydrogens (tertiary/aromatic N) is 6. The van der Waals surface area contributed by atoms with Gasteiger partial charge in [-0.1, -0.05) is 30.3 Å². The van der Waals surface area contributed by atoms with Crippen molar-refractivity contribution in [3.63, 3.8) is 0 Å². The number of amides is 1. The van der Waals surface area contributed by atoms with E-state index in [9.17, 15) is 9.59 Å². The number of ether oxygens (including phenoxy) is 1. The molecule has 1 aromatic carbocycles. The summed E-state index contributed by atoms with van der Waals surface area (Å²) in [5, 5.41) is 11.7. The van der Waals surface area contributed by atoms with Gasteiger partial charge in [0.1, 0.15) is 6.42 Å². The molecule has 4 aromatic rings. The molecule has 10 heteroatoms. The van der Waals surface area contributed by atoms with Crippen LogP contribution in [0.3, 0.4) is 0 Å². The van der Waals surface area contributed by atoms with Crippen LogP contribution in [-0.4, -0.2) is 47.8 Å². The van der Waals surface area contributed by atoms with E-state index in [0.717, 1.165) is 33.9 Å². The van der Waals surface area contributed by atoms with Crippen molar-refractivity contribution in [3.8, 4) is 0 Å². The summed E-state index contributed by atoms with van der Waals surface area (Å²) >= 11 is 0. The standard InChI is InChI=1S/C24H27N7O3/c1-15-10-16(2)31-24(26-15)27-21(29-31)11-23(33)34-14-22(32)25-12-20-17(3)28-30(18(20)4)13-19-8-6-5-7-9-19/h5-10H,11-14H2,1-4H3,(H,25,32). The Morgan fingerprint density at radius 3 is 2.56 bits per heavy atom. The van der Waals surface area contributed by atoms with Crippen LogP contribution in [-0.2, 0) is 33.8 Å². The Morgan fingerprint density at radius 2 is 1.79 bits per heavy atom. The van der Waals surface area contributed by atoms with Crippen molar-refractivity contribution in [1.82, 2.24) is 34.7 Å². The van der Waals surface area contributed by atoms with Crippen molar-refractivity contribution in [2.24, 2.45) is 0 Å². The van der Waals surface area contributed by atoms with Crippen LogP contribution < -0.4 is 5.32 Å². The van der Waals surface area contributed by atoms with E-state index in [2.05, 4.69) is 25.5 Å². The van der Waals surface area contributed by atoms with Gasteiger partial charge in [-0.2, -0.15) is 10.1 Å². The molecule has 0 aliphatic heterocycles. The zero-order valence-electron chi connectivity index (χ0n) is 19.7. The molecule has 0 radical (unpaired) electrons. The van der Waals surface area contributed by atoms with Gasteiger partial charge in [-0.15, -0.1) is 5.10 Å². The fourth-order valence-electron chi connectivity index (χ4n) is 3.75. The van der Waals surface area contributed by atoms with Gasteiger partial charge in [-0.05, 0) is 39.3 Å². The van der Waals surface area contributed by atoms with Gasteiger partial charge in [0.15, 0.2) is 12.4 Å². The summed E-state index contributed by atoms with van der Waals surface area (Å²) in [6.45, 7) is 8.23. The lowest BCUT2D eigenvalue weighted by molar-refractivity contribution is -0.148.